The molecule has 3 aliphatic rings. The third kappa shape index (κ3) is 3.35. The van der Waals surface area contributed by atoms with Crippen LogP contribution in [0.2, 0.25) is 0 Å². The normalized spacial score (nSPS) is 19.5. The number of aliphatic hydroxyl groups is 2. The number of fused-ring (bicyclic) bond motifs is 2. The highest BCUT2D eigenvalue weighted by atomic mass is 16.5. The van der Waals surface area contributed by atoms with Crippen molar-refractivity contribution in [3.63, 3.8) is 0 Å². The molecule has 0 unspecified atom stereocenters. The Hall–Kier alpha value is -3.00. The summed E-state index contributed by atoms with van der Waals surface area (Å²) < 4.78 is 0. The van der Waals surface area contributed by atoms with Crippen molar-refractivity contribution < 1.29 is 15.0 Å². The Kier molecular flexibility index (Phi) is 4.89. The molecule has 7 nitrogen and oxygen atoms in total. The van der Waals surface area contributed by atoms with Crippen LogP contribution in [0.3, 0.4) is 0 Å². The summed E-state index contributed by atoms with van der Waals surface area (Å²) in [7, 11) is 0. The fourth-order valence-electron chi connectivity index (χ4n) is 4.73. The maximum absolute atomic E-state index is 13.6. The van der Waals surface area contributed by atoms with Gasteiger partial charge in [0.1, 0.15) is 0 Å². The summed E-state index contributed by atoms with van der Waals surface area (Å²) in [5, 5.41) is 22.4. The SMILES string of the molecule is Cc1ccccc1C(O)(O)N1C(=O)C2=C(CCN(Cc3ccccc3)C2)N2CCN=C21. The first-order valence-corrected chi connectivity index (χ1v) is 10.6. The molecular formula is C24H26N4O3. The van der Waals surface area contributed by atoms with Crippen LogP contribution in [0.25, 0.3) is 0 Å². The van der Waals surface area contributed by atoms with E-state index in [0.717, 1.165) is 30.1 Å². The molecule has 2 aromatic rings. The fraction of sp³-hybridized carbons (Fsp3) is 0.333. The number of aliphatic imine (C=N–C) groups is 1. The smallest absolute Gasteiger partial charge is 0.284 e. The van der Waals surface area contributed by atoms with Crippen LogP contribution in [0.4, 0.5) is 0 Å². The molecule has 0 atom stereocenters. The van der Waals surface area contributed by atoms with Crippen LogP contribution in [0, 0.1) is 6.92 Å². The lowest BCUT2D eigenvalue weighted by Gasteiger charge is -2.45. The first kappa shape index (κ1) is 19.9. The first-order valence-electron chi connectivity index (χ1n) is 10.6. The summed E-state index contributed by atoms with van der Waals surface area (Å²) in [4.78, 5) is 23.4. The van der Waals surface area contributed by atoms with Gasteiger partial charge in [0.25, 0.3) is 11.8 Å². The zero-order chi connectivity index (χ0) is 21.6. The van der Waals surface area contributed by atoms with Crippen LogP contribution in [-0.4, -0.2) is 63.0 Å². The number of carbonyl (C=O) groups excluding carboxylic acids is 1. The summed E-state index contributed by atoms with van der Waals surface area (Å²) in [6.45, 7) is 5.01. The third-order valence-electron chi connectivity index (χ3n) is 6.27. The number of aryl methyl sites for hydroxylation is 1. The monoisotopic (exact) mass is 418 g/mol. The predicted octanol–water partition coefficient (Wildman–Crippen LogP) is 1.76. The van der Waals surface area contributed by atoms with Crippen molar-refractivity contribution in [2.45, 2.75) is 25.8 Å². The van der Waals surface area contributed by atoms with Crippen LogP contribution in [0.15, 0.2) is 70.9 Å². The quantitative estimate of drug-likeness (QED) is 0.740. The molecule has 2 aromatic carbocycles. The average Bonchev–Trinajstić information content (AvgIpc) is 3.24. The van der Waals surface area contributed by atoms with Crippen molar-refractivity contribution in [2.24, 2.45) is 4.99 Å². The highest BCUT2D eigenvalue weighted by Gasteiger charge is 2.50. The van der Waals surface area contributed by atoms with Gasteiger partial charge in [-0.25, -0.2) is 4.90 Å². The van der Waals surface area contributed by atoms with Crippen molar-refractivity contribution in [2.75, 3.05) is 26.2 Å². The van der Waals surface area contributed by atoms with E-state index >= 15 is 0 Å². The topological polar surface area (TPSA) is 79.6 Å². The molecule has 3 heterocycles. The third-order valence-corrected chi connectivity index (χ3v) is 6.27. The van der Waals surface area contributed by atoms with Gasteiger partial charge in [-0.15, -0.1) is 0 Å². The van der Waals surface area contributed by atoms with Crippen molar-refractivity contribution in [1.82, 2.24) is 14.7 Å². The number of nitrogens with zero attached hydrogens (tertiary/aromatic N) is 4. The van der Waals surface area contributed by atoms with Crippen LogP contribution in [0.1, 0.15) is 23.1 Å². The van der Waals surface area contributed by atoms with Gasteiger partial charge in [-0.3, -0.25) is 14.7 Å². The van der Waals surface area contributed by atoms with Gasteiger partial charge < -0.3 is 15.1 Å². The van der Waals surface area contributed by atoms with Gasteiger partial charge in [-0.05, 0) is 18.1 Å². The van der Waals surface area contributed by atoms with E-state index in [-0.39, 0.29) is 5.56 Å². The Bertz CT molecular complexity index is 1080. The molecule has 3 aliphatic heterocycles. The average molecular weight is 418 g/mol. The molecule has 0 aliphatic carbocycles. The van der Waals surface area contributed by atoms with E-state index < -0.39 is 11.8 Å². The molecule has 0 saturated heterocycles. The largest absolute Gasteiger partial charge is 0.345 e. The second kappa shape index (κ2) is 7.60. The zero-order valence-corrected chi connectivity index (χ0v) is 17.5. The maximum atomic E-state index is 13.6. The lowest BCUT2D eigenvalue weighted by Crippen LogP contribution is -2.61. The lowest BCUT2D eigenvalue weighted by molar-refractivity contribution is -0.247. The minimum Gasteiger partial charge on any atom is -0.345 e. The van der Waals surface area contributed by atoms with E-state index in [1.165, 1.54) is 5.56 Å². The van der Waals surface area contributed by atoms with Gasteiger partial charge in [0.05, 0.1) is 12.1 Å². The highest BCUT2D eigenvalue weighted by Crippen LogP contribution is 2.37. The van der Waals surface area contributed by atoms with E-state index in [2.05, 4.69) is 22.0 Å². The molecule has 0 spiro atoms. The Balaban J connectivity index is 1.50. The fourth-order valence-corrected chi connectivity index (χ4v) is 4.73. The van der Waals surface area contributed by atoms with Crippen molar-refractivity contribution in [3.8, 4) is 0 Å². The molecule has 0 aromatic heterocycles. The molecule has 2 N–H and O–H groups in total. The Morgan fingerprint density at radius 3 is 2.55 bits per heavy atom. The van der Waals surface area contributed by atoms with E-state index in [1.807, 2.05) is 29.2 Å². The van der Waals surface area contributed by atoms with Crippen LogP contribution in [0.5, 0.6) is 0 Å². The molecule has 0 bridgehead atoms. The maximum Gasteiger partial charge on any atom is 0.284 e. The van der Waals surface area contributed by atoms with Gasteiger partial charge in [0.2, 0.25) is 5.96 Å². The first-order chi connectivity index (χ1) is 15.0. The summed E-state index contributed by atoms with van der Waals surface area (Å²) in [6.07, 6.45) is 0.731. The Labute approximate surface area is 181 Å². The minimum atomic E-state index is -2.48. The minimum absolute atomic E-state index is 0.277. The Morgan fingerprint density at radius 2 is 1.77 bits per heavy atom. The molecule has 5 rings (SSSR count). The molecular weight excluding hydrogens is 392 g/mol. The van der Waals surface area contributed by atoms with Crippen LogP contribution < -0.4 is 0 Å². The molecule has 0 fully saturated rings. The number of rotatable bonds is 4. The van der Waals surface area contributed by atoms with Gasteiger partial charge in [0.15, 0.2) is 0 Å². The number of guanidine groups is 1. The standard InChI is InChI=1S/C24H26N4O3/c1-17-7-5-6-10-20(17)24(30,31)28-22(29)19-16-26(15-18-8-3-2-4-9-18)13-11-21(19)27-14-12-25-23(27)28/h2-10,30-31H,11-16H2,1H3. The molecule has 1 amide bonds. The number of benzene rings is 2. The summed E-state index contributed by atoms with van der Waals surface area (Å²) in [6, 6.07) is 17.2. The predicted molar refractivity (Wildman–Crippen MR) is 117 cm³/mol. The molecule has 7 heteroatoms. The Morgan fingerprint density at radius 1 is 1.03 bits per heavy atom. The van der Waals surface area contributed by atoms with E-state index in [1.54, 1.807) is 25.1 Å². The van der Waals surface area contributed by atoms with Crippen molar-refractivity contribution in [3.05, 3.63) is 82.6 Å². The molecule has 0 radical (unpaired) electrons. The second-order valence-electron chi connectivity index (χ2n) is 8.30. The molecule has 160 valence electrons. The van der Waals surface area contributed by atoms with Gasteiger partial charge in [-0.1, -0.05) is 54.6 Å². The molecule has 0 saturated carbocycles. The second-order valence-corrected chi connectivity index (χ2v) is 8.30. The van der Waals surface area contributed by atoms with Gasteiger partial charge in [-0.2, -0.15) is 0 Å². The molecule has 31 heavy (non-hydrogen) atoms. The van der Waals surface area contributed by atoms with Gasteiger partial charge in [0, 0.05) is 43.9 Å². The van der Waals surface area contributed by atoms with E-state index in [4.69, 9.17) is 0 Å². The lowest BCUT2D eigenvalue weighted by atomic mass is 9.98. The van der Waals surface area contributed by atoms with E-state index in [0.29, 0.717) is 36.7 Å². The zero-order valence-electron chi connectivity index (χ0n) is 17.5. The summed E-state index contributed by atoms with van der Waals surface area (Å²) in [5.74, 6) is -2.55. The highest BCUT2D eigenvalue weighted by molar-refractivity contribution is 6.10. The van der Waals surface area contributed by atoms with Crippen molar-refractivity contribution in [1.29, 1.82) is 0 Å². The summed E-state index contributed by atoms with van der Waals surface area (Å²) >= 11 is 0. The number of amides is 1. The van der Waals surface area contributed by atoms with Crippen molar-refractivity contribution >= 4 is 11.9 Å². The van der Waals surface area contributed by atoms with Gasteiger partial charge >= 0.3 is 0 Å². The van der Waals surface area contributed by atoms with E-state index in [9.17, 15) is 15.0 Å². The van der Waals surface area contributed by atoms with Crippen LogP contribution >= 0.6 is 0 Å². The number of hydrogen-bond donors (Lipinski definition) is 2. The van der Waals surface area contributed by atoms with Crippen LogP contribution in [-0.2, 0) is 17.3 Å². The number of carbonyl (C=O) groups is 1. The number of hydrogen-bond acceptors (Lipinski definition) is 6. The summed E-state index contributed by atoms with van der Waals surface area (Å²) in [5.41, 5.74) is 3.73.